The molecular formula is C31H38BrN3O4S. The molecule has 0 bridgehead atoms. The summed E-state index contributed by atoms with van der Waals surface area (Å²) in [7, 11) is -4.11. The molecule has 0 aliphatic heterocycles. The number of hydrogen-bond donors (Lipinski definition) is 1. The fraction of sp³-hybridized carbons (Fsp3) is 0.355. The van der Waals surface area contributed by atoms with Crippen LogP contribution in [0.1, 0.15) is 50.3 Å². The number of sulfonamides is 1. The summed E-state index contributed by atoms with van der Waals surface area (Å²) in [5, 5.41) is 3.00. The minimum atomic E-state index is -4.11. The average molecular weight is 629 g/mol. The predicted molar refractivity (Wildman–Crippen MR) is 164 cm³/mol. The molecule has 7 nitrogen and oxygen atoms in total. The molecule has 0 fully saturated rings. The highest BCUT2D eigenvalue weighted by molar-refractivity contribution is 9.10. The predicted octanol–water partition coefficient (Wildman–Crippen LogP) is 5.98. The van der Waals surface area contributed by atoms with Crippen molar-refractivity contribution in [1.82, 2.24) is 10.2 Å². The van der Waals surface area contributed by atoms with Gasteiger partial charge in [0.15, 0.2) is 0 Å². The second-order valence-electron chi connectivity index (χ2n) is 10.1. The van der Waals surface area contributed by atoms with Gasteiger partial charge >= 0.3 is 0 Å². The number of halogens is 1. The van der Waals surface area contributed by atoms with Gasteiger partial charge in [0.05, 0.1) is 10.6 Å². The molecule has 214 valence electrons. The van der Waals surface area contributed by atoms with Gasteiger partial charge in [0.25, 0.3) is 10.0 Å². The first-order valence-electron chi connectivity index (χ1n) is 13.5. The van der Waals surface area contributed by atoms with Crippen molar-refractivity contribution < 1.29 is 18.0 Å². The summed E-state index contributed by atoms with van der Waals surface area (Å²) < 4.78 is 29.7. The molecule has 2 atom stereocenters. The van der Waals surface area contributed by atoms with Gasteiger partial charge in [-0.05, 0) is 69.5 Å². The number of rotatable bonds is 12. The molecular weight excluding hydrogens is 590 g/mol. The van der Waals surface area contributed by atoms with Gasteiger partial charge in [0.1, 0.15) is 12.6 Å². The van der Waals surface area contributed by atoms with Crippen molar-refractivity contribution in [2.75, 3.05) is 10.8 Å². The number of nitrogens with one attached hydrogen (secondary N) is 1. The lowest BCUT2D eigenvalue weighted by atomic mass is 10.1. The number of benzene rings is 3. The van der Waals surface area contributed by atoms with E-state index in [9.17, 15) is 18.0 Å². The van der Waals surface area contributed by atoms with E-state index in [2.05, 4.69) is 21.2 Å². The molecule has 0 spiro atoms. The minimum Gasteiger partial charge on any atom is -0.352 e. The Morgan fingerprint density at radius 3 is 2.17 bits per heavy atom. The molecule has 9 heteroatoms. The highest BCUT2D eigenvalue weighted by Crippen LogP contribution is 2.27. The van der Waals surface area contributed by atoms with Gasteiger partial charge in [-0.3, -0.25) is 13.9 Å². The fourth-order valence-electron chi connectivity index (χ4n) is 4.37. The maximum atomic E-state index is 14.1. The Balaban J connectivity index is 2.06. The number of anilines is 1. The first-order valence-corrected chi connectivity index (χ1v) is 15.7. The summed E-state index contributed by atoms with van der Waals surface area (Å²) in [6, 6.07) is 20.3. The second kappa shape index (κ2) is 13.9. The molecule has 0 aromatic heterocycles. The van der Waals surface area contributed by atoms with Crippen molar-refractivity contribution in [2.45, 2.75) is 71.0 Å². The lowest BCUT2D eigenvalue weighted by Gasteiger charge is -2.33. The molecule has 40 heavy (non-hydrogen) atoms. The SMILES string of the molecule is CC[C@@H](C)NC(=O)[C@H](CC)N(Cc1cccc(C)c1)C(=O)CN(c1cccc(Br)c1)S(=O)(=O)c1ccc(C)cc1. The average Bonchev–Trinajstić information content (AvgIpc) is 2.91. The minimum absolute atomic E-state index is 0.0578. The summed E-state index contributed by atoms with van der Waals surface area (Å²) in [5.41, 5.74) is 3.15. The second-order valence-corrected chi connectivity index (χ2v) is 12.8. The van der Waals surface area contributed by atoms with E-state index in [0.29, 0.717) is 16.6 Å². The Bertz CT molecular complexity index is 1430. The molecule has 3 rings (SSSR count). The third-order valence-electron chi connectivity index (χ3n) is 6.81. The van der Waals surface area contributed by atoms with Crippen molar-refractivity contribution in [3.05, 3.63) is 94.0 Å². The molecule has 0 aliphatic carbocycles. The molecule has 0 saturated heterocycles. The van der Waals surface area contributed by atoms with Crippen LogP contribution in [0, 0.1) is 13.8 Å². The van der Waals surface area contributed by atoms with Crippen LogP contribution in [0.5, 0.6) is 0 Å². The molecule has 0 aliphatic rings. The molecule has 3 aromatic rings. The van der Waals surface area contributed by atoms with Crippen LogP contribution in [-0.2, 0) is 26.2 Å². The van der Waals surface area contributed by atoms with E-state index in [0.717, 1.165) is 27.4 Å². The van der Waals surface area contributed by atoms with Crippen molar-refractivity contribution >= 4 is 43.5 Å². The topological polar surface area (TPSA) is 86.8 Å². The number of amides is 2. The van der Waals surface area contributed by atoms with Gasteiger partial charge in [0.2, 0.25) is 11.8 Å². The first-order chi connectivity index (χ1) is 19.0. The highest BCUT2D eigenvalue weighted by Gasteiger charge is 2.34. The molecule has 0 unspecified atom stereocenters. The monoisotopic (exact) mass is 627 g/mol. The van der Waals surface area contributed by atoms with Gasteiger partial charge in [-0.25, -0.2) is 8.42 Å². The third-order valence-corrected chi connectivity index (χ3v) is 9.09. The van der Waals surface area contributed by atoms with Gasteiger partial charge < -0.3 is 10.2 Å². The first kappa shape index (κ1) is 31.4. The van der Waals surface area contributed by atoms with Crippen LogP contribution in [0.15, 0.2) is 82.2 Å². The van der Waals surface area contributed by atoms with Crippen LogP contribution in [0.3, 0.4) is 0 Å². The lowest BCUT2D eigenvalue weighted by molar-refractivity contribution is -0.140. The van der Waals surface area contributed by atoms with E-state index in [4.69, 9.17) is 0 Å². The van der Waals surface area contributed by atoms with Crippen molar-refractivity contribution in [3.63, 3.8) is 0 Å². The summed E-state index contributed by atoms with van der Waals surface area (Å²) in [6.07, 6.45) is 1.13. The van der Waals surface area contributed by atoms with E-state index in [-0.39, 0.29) is 23.4 Å². The maximum Gasteiger partial charge on any atom is 0.264 e. The summed E-state index contributed by atoms with van der Waals surface area (Å²) in [4.78, 5) is 29.1. The molecule has 0 saturated carbocycles. The maximum absolute atomic E-state index is 14.1. The van der Waals surface area contributed by atoms with Crippen LogP contribution >= 0.6 is 15.9 Å². The molecule has 0 heterocycles. The number of aryl methyl sites for hydroxylation is 2. The Morgan fingerprint density at radius 2 is 1.57 bits per heavy atom. The smallest absolute Gasteiger partial charge is 0.264 e. The standard InChI is InChI=1S/C31H38BrN3O4S/c1-6-24(5)33-31(37)29(7-2)34(20-25-11-8-10-23(4)18-25)30(36)21-35(27-13-9-12-26(32)19-27)40(38,39)28-16-14-22(3)15-17-28/h8-19,24,29H,6-7,20-21H2,1-5H3,(H,33,37)/t24-,29+/m1/s1. The molecule has 2 amide bonds. The zero-order chi connectivity index (χ0) is 29.4. The van der Waals surface area contributed by atoms with Crippen LogP contribution in [-0.4, -0.2) is 43.8 Å². The van der Waals surface area contributed by atoms with E-state index >= 15 is 0 Å². The van der Waals surface area contributed by atoms with Crippen LogP contribution in [0.2, 0.25) is 0 Å². The highest BCUT2D eigenvalue weighted by atomic mass is 79.9. The van der Waals surface area contributed by atoms with Gasteiger partial charge in [-0.2, -0.15) is 0 Å². The Morgan fingerprint density at radius 1 is 0.900 bits per heavy atom. The van der Waals surface area contributed by atoms with Gasteiger partial charge in [0, 0.05) is 17.1 Å². The van der Waals surface area contributed by atoms with E-state index in [1.807, 2.05) is 58.9 Å². The van der Waals surface area contributed by atoms with Crippen molar-refractivity contribution in [1.29, 1.82) is 0 Å². The van der Waals surface area contributed by atoms with E-state index < -0.39 is 28.5 Å². The molecule has 3 aromatic carbocycles. The van der Waals surface area contributed by atoms with Gasteiger partial charge in [-0.1, -0.05) is 83.4 Å². The quantitative estimate of drug-likeness (QED) is 0.267. The zero-order valence-electron chi connectivity index (χ0n) is 23.7. The van der Waals surface area contributed by atoms with E-state index in [1.165, 1.54) is 4.90 Å². The number of carbonyl (C=O) groups is 2. The summed E-state index contributed by atoms with van der Waals surface area (Å²) in [5.74, 6) is -0.725. The number of hydrogen-bond acceptors (Lipinski definition) is 4. The number of nitrogens with zero attached hydrogens (tertiary/aromatic N) is 2. The van der Waals surface area contributed by atoms with Crippen LogP contribution in [0.25, 0.3) is 0 Å². The third kappa shape index (κ3) is 7.95. The summed E-state index contributed by atoms with van der Waals surface area (Å²) in [6.45, 7) is 9.30. The Kier molecular flexibility index (Phi) is 10.9. The van der Waals surface area contributed by atoms with Crippen molar-refractivity contribution in [2.24, 2.45) is 0 Å². The lowest BCUT2D eigenvalue weighted by Crippen LogP contribution is -2.53. The normalized spacial score (nSPS) is 12.8. The Hall–Kier alpha value is -3.17. The molecule has 0 radical (unpaired) electrons. The van der Waals surface area contributed by atoms with Gasteiger partial charge in [-0.15, -0.1) is 0 Å². The fourth-order valence-corrected chi connectivity index (χ4v) is 6.16. The van der Waals surface area contributed by atoms with Crippen molar-refractivity contribution in [3.8, 4) is 0 Å². The van der Waals surface area contributed by atoms with Crippen LogP contribution in [0.4, 0.5) is 5.69 Å². The summed E-state index contributed by atoms with van der Waals surface area (Å²) >= 11 is 3.42. The number of carbonyl (C=O) groups excluding carboxylic acids is 2. The van der Waals surface area contributed by atoms with Crippen LogP contribution < -0.4 is 9.62 Å². The molecule has 1 N–H and O–H groups in total. The largest absolute Gasteiger partial charge is 0.352 e. The zero-order valence-corrected chi connectivity index (χ0v) is 26.1. The Labute approximate surface area is 246 Å². The van der Waals surface area contributed by atoms with E-state index in [1.54, 1.807) is 48.5 Å².